The van der Waals surface area contributed by atoms with Gasteiger partial charge in [0.15, 0.2) is 5.13 Å². The summed E-state index contributed by atoms with van der Waals surface area (Å²) >= 11 is 1.13. The van der Waals surface area contributed by atoms with Gasteiger partial charge in [-0.25, -0.2) is 14.8 Å². The van der Waals surface area contributed by atoms with Gasteiger partial charge in [0.25, 0.3) is 0 Å². The topological polar surface area (TPSA) is 89.4 Å². The second-order valence-electron chi connectivity index (χ2n) is 7.81. The first-order valence-electron chi connectivity index (χ1n) is 9.78. The first kappa shape index (κ1) is 21.9. The molecule has 0 saturated carbocycles. The highest BCUT2D eigenvalue weighted by atomic mass is 32.1. The summed E-state index contributed by atoms with van der Waals surface area (Å²) in [5.41, 5.74) is 2.30. The summed E-state index contributed by atoms with van der Waals surface area (Å²) < 4.78 is 7.18. The van der Waals surface area contributed by atoms with Gasteiger partial charge < -0.3 is 19.5 Å². The van der Waals surface area contributed by atoms with Crippen LogP contribution in [0.5, 0.6) is 0 Å². The smallest absolute Gasteiger partial charge is 0.350 e. The summed E-state index contributed by atoms with van der Waals surface area (Å²) in [6, 6.07) is 7.74. The van der Waals surface area contributed by atoms with E-state index in [0.29, 0.717) is 28.9 Å². The van der Waals surface area contributed by atoms with Crippen molar-refractivity contribution in [3.63, 3.8) is 0 Å². The molecule has 0 aliphatic heterocycles. The van der Waals surface area contributed by atoms with Crippen LogP contribution in [0.3, 0.4) is 0 Å². The van der Waals surface area contributed by atoms with Crippen LogP contribution in [0, 0.1) is 12.8 Å². The number of rotatable bonds is 8. The Morgan fingerprint density at radius 3 is 2.67 bits per heavy atom. The van der Waals surface area contributed by atoms with Crippen molar-refractivity contribution >= 4 is 39.4 Å². The van der Waals surface area contributed by atoms with Crippen molar-refractivity contribution in [3.8, 4) is 0 Å². The minimum absolute atomic E-state index is 0.107. The molecule has 3 aromatic rings. The van der Waals surface area contributed by atoms with Crippen LogP contribution in [0.2, 0.25) is 0 Å². The van der Waals surface area contributed by atoms with E-state index in [1.54, 1.807) is 6.92 Å². The van der Waals surface area contributed by atoms with Crippen LogP contribution >= 0.6 is 11.3 Å². The number of ether oxygens (including phenoxy) is 1. The molecule has 0 aliphatic carbocycles. The van der Waals surface area contributed by atoms with Crippen molar-refractivity contribution in [2.45, 2.75) is 33.9 Å². The SMILES string of the molecule is Cc1nc(NC(=O)Cn2c(CN(C)C)nc3ccccc32)sc1C(=O)OCC(C)C. The van der Waals surface area contributed by atoms with Crippen molar-refractivity contribution in [2.75, 3.05) is 26.0 Å². The summed E-state index contributed by atoms with van der Waals surface area (Å²) in [5.74, 6) is 0.425. The number of benzene rings is 1. The molecule has 2 heterocycles. The number of carbonyl (C=O) groups is 2. The highest BCUT2D eigenvalue weighted by Crippen LogP contribution is 2.24. The molecule has 30 heavy (non-hydrogen) atoms. The first-order chi connectivity index (χ1) is 14.2. The fraction of sp³-hybridized carbons (Fsp3) is 0.429. The molecule has 0 unspecified atom stereocenters. The van der Waals surface area contributed by atoms with Gasteiger partial charge in [0.1, 0.15) is 17.2 Å². The van der Waals surface area contributed by atoms with E-state index in [4.69, 9.17) is 4.74 Å². The molecular weight excluding hydrogens is 402 g/mol. The molecule has 0 spiro atoms. The molecule has 1 N–H and O–H groups in total. The third kappa shape index (κ3) is 5.22. The van der Waals surface area contributed by atoms with E-state index < -0.39 is 5.97 Å². The lowest BCUT2D eigenvalue weighted by Gasteiger charge is -2.12. The average molecular weight is 430 g/mol. The lowest BCUT2D eigenvalue weighted by atomic mass is 10.2. The highest BCUT2D eigenvalue weighted by molar-refractivity contribution is 7.17. The summed E-state index contributed by atoms with van der Waals surface area (Å²) in [6.45, 7) is 6.75. The van der Waals surface area contributed by atoms with Gasteiger partial charge in [-0.2, -0.15) is 0 Å². The average Bonchev–Trinajstić information content (AvgIpc) is 3.19. The summed E-state index contributed by atoms with van der Waals surface area (Å²) in [5, 5.41) is 3.19. The van der Waals surface area contributed by atoms with Gasteiger partial charge in [0, 0.05) is 0 Å². The third-order valence-electron chi connectivity index (χ3n) is 4.27. The number of nitrogens with zero attached hydrogens (tertiary/aromatic N) is 4. The van der Waals surface area contributed by atoms with Crippen LogP contribution in [-0.2, 0) is 22.6 Å². The zero-order valence-electron chi connectivity index (χ0n) is 17.9. The largest absolute Gasteiger partial charge is 0.461 e. The standard InChI is InChI=1S/C21H27N5O3S/c1-13(2)12-29-20(28)19-14(3)22-21(30-19)24-18(27)11-26-16-9-7-6-8-15(16)23-17(26)10-25(4)5/h6-9,13H,10-12H2,1-5H3,(H,22,24,27). The number of aromatic nitrogens is 3. The molecule has 0 aliphatic rings. The molecule has 0 atom stereocenters. The number of nitrogens with one attached hydrogen (secondary N) is 1. The predicted molar refractivity (Wildman–Crippen MR) is 118 cm³/mol. The van der Waals surface area contributed by atoms with Crippen LogP contribution in [0.1, 0.15) is 35.0 Å². The molecular formula is C21H27N5O3S. The fourth-order valence-electron chi connectivity index (χ4n) is 2.95. The van der Waals surface area contributed by atoms with E-state index in [1.165, 1.54) is 0 Å². The van der Waals surface area contributed by atoms with Crippen molar-refractivity contribution in [3.05, 3.63) is 40.7 Å². The van der Waals surface area contributed by atoms with Gasteiger partial charge in [-0.3, -0.25) is 4.79 Å². The summed E-state index contributed by atoms with van der Waals surface area (Å²) in [6.07, 6.45) is 0. The van der Waals surface area contributed by atoms with E-state index in [2.05, 4.69) is 15.3 Å². The number of aryl methyl sites for hydroxylation is 1. The van der Waals surface area contributed by atoms with E-state index >= 15 is 0 Å². The molecule has 3 rings (SSSR count). The van der Waals surface area contributed by atoms with Crippen molar-refractivity contribution < 1.29 is 14.3 Å². The summed E-state index contributed by atoms with van der Waals surface area (Å²) in [7, 11) is 3.92. The van der Waals surface area contributed by atoms with Crippen molar-refractivity contribution in [2.24, 2.45) is 5.92 Å². The number of thiazole rings is 1. The molecule has 0 radical (unpaired) electrons. The Morgan fingerprint density at radius 1 is 1.23 bits per heavy atom. The lowest BCUT2D eigenvalue weighted by Crippen LogP contribution is -2.22. The number of carbonyl (C=O) groups excluding carboxylic acids is 2. The maximum absolute atomic E-state index is 12.7. The zero-order chi connectivity index (χ0) is 21.8. The first-order valence-corrected chi connectivity index (χ1v) is 10.6. The molecule has 0 fully saturated rings. The van der Waals surface area contributed by atoms with E-state index in [1.807, 2.05) is 61.7 Å². The van der Waals surface area contributed by atoms with Crippen LogP contribution in [0.4, 0.5) is 5.13 Å². The van der Waals surface area contributed by atoms with Gasteiger partial charge in [-0.1, -0.05) is 37.3 Å². The number of anilines is 1. The number of hydrogen-bond acceptors (Lipinski definition) is 7. The Morgan fingerprint density at radius 2 is 1.97 bits per heavy atom. The number of fused-ring (bicyclic) bond motifs is 1. The maximum Gasteiger partial charge on any atom is 0.350 e. The highest BCUT2D eigenvalue weighted by Gasteiger charge is 2.19. The minimum atomic E-state index is -0.409. The summed E-state index contributed by atoms with van der Waals surface area (Å²) in [4.78, 5) is 36.4. The number of amides is 1. The van der Waals surface area contributed by atoms with Gasteiger partial charge in [0.2, 0.25) is 5.91 Å². The van der Waals surface area contributed by atoms with Gasteiger partial charge >= 0.3 is 5.97 Å². The quantitative estimate of drug-likeness (QED) is 0.553. The van der Waals surface area contributed by atoms with Crippen molar-refractivity contribution in [1.29, 1.82) is 0 Å². The Bertz CT molecular complexity index is 1050. The molecule has 9 heteroatoms. The molecule has 160 valence electrons. The number of esters is 1. The van der Waals surface area contributed by atoms with Crippen molar-refractivity contribution in [1.82, 2.24) is 19.4 Å². The molecule has 0 saturated heterocycles. The fourth-order valence-corrected chi connectivity index (χ4v) is 3.83. The maximum atomic E-state index is 12.7. The zero-order valence-corrected chi connectivity index (χ0v) is 18.7. The van der Waals surface area contributed by atoms with Crippen LogP contribution < -0.4 is 5.32 Å². The van der Waals surface area contributed by atoms with Gasteiger partial charge in [-0.05, 0) is 39.1 Å². The van der Waals surface area contributed by atoms with Crippen LogP contribution in [-0.4, -0.2) is 52.0 Å². The number of imidazole rings is 1. The van der Waals surface area contributed by atoms with Crippen LogP contribution in [0.25, 0.3) is 11.0 Å². The molecule has 0 bridgehead atoms. The monoisotopic (exact) mass is 429 g/mol. The third-order valence-corrected chi connectivity index (χ3v) is 5.32. The Kier molecular flexibility index (Phi) is 6.84. The lowest BCUT2D eigenvalue weighted by molar-refractivity contribution is -0.116. The van der Waals surface area contributed by atoms with Gasteiger partial charge in [0.05, 0.1) is 29.9 Å². The van der Waals surface area contributed by atoms with E-state index in [0.717, 1.165) is 28.2 Å². The minimum Gasteiger partial charge on any atom is -0.461 e. The van der Waals surface area contributed by atoms with E-state index in [-0.39, 0.29) is 18.4 Å². The molecule has 2 aromatic heterocycles. The second kappa shape index (κ2) is 9.36. The molecule has 8 nitrogen and oxygen atoms in total. The van der Waals surface area contributed by atoms with Gasteiger partial charge in [-0.15, -0.1) is 0 Å². The normalized spacial score (nSPS) is 11.4. The number of para-hydroxylation sites is 2. The Balaban J connectivity index is 1.75. The van der Waals surface area contributed by atoms with E-state index in [9.17, 15) is 9.59 Å². The molecule has 1 amide bonds. The Hall–Kier alpha value is -2.78. The van der Waals surface area contributed by atoms with Crippen LogP contribution in [0.15, 0.2) is 24.3 Å². The Labute approximate surface area is 179 Å². The predicted octanol–water partition coefficient (Wildman–Crippen LogP) is 3.31. The second-order valence-corrected chi connectivity index (χ2v) is 8.81. The number of hydrogen-bond donors (Lipinski definition) is 1. The molecule has 1 aromatic carbocycles.